The Balaban J connectivity index is 2.20. The van der Waals surface area contributed by atoms with Gasteiger partial charge in [0.05, 0.1) is 15.6 Å². The van der Waals surface area contributed by atoms with Crippen LogP contribution in [0, 0.1) is 16.0 Å². The van der Waals surface area contributed by atoms with Crippen molar-refractivity contribution in [2.75, 3.05) is 0 Å². The van der Waals surface area contributed by atoms with E-state index in [1.165, 1.54) is 26.0 Å². The third kappa shape index (κ3) is 3.40. The zero-order valence-electron chi connectivity index (χ0n) is 11.6. The largest absolute Gasteiger partial charge is 0.422 e. The number of carbonyl (C=O) groups excluding carboxylic acids is 2. The van der Waals surface area contributed by atoms with Gasteiger partial charge in [0, 0.05) is 32.2 Å². The summed E-state index contributed by atoms with van der Waals surface area (Å²) in [6.45, 7) is 2.87. The summed E-state index contributed by atoms with van der Waals surface area (Å²) < 4.78 is 9.86. The molecule has 1 saturated heterocycles. The Morgan fingerprint density at radius 3 is 2.41 bits per heavy atom. The highest BCUT2D eigenvalue weighted by atomic mass is 35.5. The van der Waals surface area contributed by atoms with Crippen LogP contribution in [0.1, 0.15) is 13.8 Å². The van der Waals surface area contributed by atoms with Crippen LogP contribution < -0.4 is 0 Å². The molecule has 1 aliphatic rings. The lowest BCUT2D eigenvalue weighted by Crippen LogP contribution is -2.46. The zero-order valence-corrected chi connectivity index (χ0v) is 12.4. The third-order valence-corrected chi connectivity index (χ3v) is 3.01. The molecular weight excluding hydrogens is 316 g/mol. The van der Waals surface area contributed by atoms with Crippen LogP contribution in [0.4, 0.5) is 11.4 Å². The summed E-state index contributed by atoms with van der Waals surface area (Å²) in [7, 11) is 0. The minimum Gasteiger partial charge on any atom is -0.422 e. The Hall–Kier alpha value is -2.48. The van der Waals surface area contributed by atoms with E-state index in [4.69, 9.17) is 21.1 Å². The van der Waals surface area contributed by atoms with Gasteiger partial charge in [-0.3, -0.25) is 24.7 Å². The number of nitrogens with zero attached hydrogens (tertiary/aromatic N) is 2. The first kappa shape index (κ1) is 15.9. The molecule has 1 aromatic carbocycles. The Morgan fingerprint density at radius 2 is 1.91 bits per heavy atom. The first-order chi connectivity index (χ1) is 10.2. The number of hydrogen-bond donors (Lipinski definition) is 0. The van der Waals surface area contributed by atoms with E-state index in [1.807, 2.05) is 0 Å². The van der Waals surface area contributed by atoms with Gasteiger partial charge >= 0.3 is 11.9 Å². The fraction of sp³-hybridized carbons (Fsp3) is 0.308. The fourth-order valence-corrected chi connectivity index (χ4v) is 1.94. The molecular formula is C13H11ClN2O6. The van der Waals surface area contributed by atoms with E-state index in [-0.39, 0.29) is 16.4 Å². The molecule has 0 bridgehead atoms. The number of nitro groups is 1. The maximum absolute atomic E-state index is 11.7. The molecule has 0 N–H and O–H groups in total. The topological polar surface area (TPSA) is 108 Å². The SMILES string of the molecule is CC1(C)OC(=O)C(C=Nc2ccc([N+](=O)[O-])cc2Cl)C(=O)O1. The summed E-state index contributed by atoms with van der Waals surface area (Å²) in [4.78, 5) is 37.4. The minimum atomic E-state index is -1.32. The second-order valence-corrected chi connectivity index (χ2v) is 5.30. The number of carbonyl (C=O) groups is 2. The number of hydrogen-bond acceptors (Lipinski definition) is 7. The molecule has 0 radical (unpaired) electrons. The minimum absolute atomic E-state index is 0.0170. The van der Waals surface area contributed by atoms with Crippen LogP contribution in [0.25, 0.3) is 0 Å². The van der Waals surface area contributed by atoms with Crippen molar-refractivity contribution in [1.82, 2.24) is 0 Å². The van der Waals surface area contributed by atoms with Crippen LogP contribution in [-0.4, -0.2) is 28.9 Å². The van der Waals surface area contributed by atoms with Crippen LogP contribution in [0.15, 0.2) is 23.2 Å². The molecule has 0 unspecified atom stereocenters. The van der Waals surface area contributed by atoms with Gasteiger partial charge in [-0.15, -0.1) is 0 Å². The number of benzene rings is 1. The van der Waals surface area contributed by atoms with Crippen LogP contribution in [0.2, 0.25) is 5.02 Å². The predicted molar refractivity (Wildman–Crippen MR) is 76.0 cm³/mol. The predicted octanol–water partition coefficient (Wildman–Crippen LogP) is 2.40. The van der Waals surface area contributed by atoms with Gasteiger partial charge in [0.25, 0.3) is 11.5 Å². The van der Waals surface area contributed by atoms with E-state index in [0.717, 1.165) is 12.3 Å². The van der Waals surface area contributed by atoms with Crippen molar-refractivity contribution >= 4 is 41.1 Å². The lowest BCUT2D eigenvalue weighted by molar-refractivity contribution is -0.384. The van der Waals surface area contributed by atoms with Gasteiger partial charge in [0.2, 0.25) is 0 Å². The number of esters is 2. The van der Waals surface area contributed by atoms with Crippen molar-refractivity contribution in [3.8, 4) is 0 Å². The molecule has 0 saturated carbocycles. The first-order valence-corrected chi connectivity index (χ1v) is 6.51. The maximum atomic E-state index is 11.7. The van der Waals surface area contributed by atoms with Gasteiger partial charge < -0.3 is 9.47 Å². The van der Waals surface area contributed by atoms with E-state index in [2.05, 4.69) is 4.99 Å². The smallest absolute Gasteiger partial charge is 0.329 e. The summed E-state index contributed by atoms with van der Waals surface area (Å²) in [5, 5.41) is 10.6. The van der Waals surface area contributed by atoms with Crippen molar-refractivity contribution in [3.05, 3.63) is 33.3 Å². The Bertz CT molecular complexity index is 665. The van der Waals surface area contributed by atoms with Crippen molar-refractivity contribution in [2.24, 2.45) is 10.9 Å². The maximum Gasteiger partial charge on any atom is 0.329 e. The third-order valence-electron chi connectivity index (χ3n) is 2.71. The van der Waals surface area contributed by atoms with Crippen molar-refractivity contribution in [1.29, 1.82) is 0 Å². The van der Waals surface area contributed by atoms with Crippen molar-refractivity contribution in [3.63, 3.8) is 0 Å². The summed E-state index contributed by atoms with van der Waals surface area (Å²) in [5.74, 6) is -4.20. The molecule has 2 rings (SSSR count). The molecule has 0 amide bonds. The standard InChI is InChI=1S/C13H11ClN2O6/c1-13(2)21-11(17)8(12(18)22-13)6-15-10-4-3-7(16(19)20)5-9(10)14/h3-6,8H,1-2H3. The van der Waals surface area contributed by atoms with Crippen LogP contribution in [0.3, 0.4) is 0 Å². The molecule has 1 aromatic rings. The molecule has 116 valence electrons. The van der Waals surface area contributed by atoms with Crippen LogP contribution >= 0.6 is 11.6 Å². The molecule has 0 aromatic heterocycles. The number of nitro benzene ring substituents is 1. The summed E-state index contributed by atoms with van der Waals surface area (Å²) in [6.07, 6.45) is 1.03. The lowest BCUT2D eigenvalue weighted by atomic mass is 10.1. The van der Waals surface area contributed by atoms with Gasteiger partial charge in [0.15, 0.2) is 5.92 Å². The zero-order chi connectivity index (χ0) is 16.5. The Labute approximate surface area is 129 Å². The molecule has 0 aliphatic carbocycles. The molecule has 0 spiro atoms. The van der Waals surface area contributed by atoms with Gasteiger partial charge in [-0.2, -0.15) is 0 Å². The van der Waals surface area contributed by atoms with Gasteiger partial charge in [0.1, 0.15) is 0 Å². The second-order valence-electron chi connectivity index (χ2n) is 4.89. The Morgan fingerprint density at radius 1 is 1.32 bits per heavy atom. The van der Waals surface area contributed by atoms with E-state index in [1.54, 1.807) is 0 Å². The van der Waals surface area contributed by atoms with E-state index in [9.17, 15) is 19.7 Å². The average molecular weight is 327 g/mol. The highest BCUT2D eigenvalue weighted by molar-refractivity contribution is 6.33. The van der Waals surface area contributed by atoms with Gasteiger partial charge in [-0.05, 0) is 6.07 Å². The quantitative estimate of drug-likeness (QED) is 0.277. The molecule has 22 heavy (non-hydrogen) atoms. The lowest BCUT2D eigenvalue weighted by Gasteiger charge is -2.31. The molecule has 1 fully saturated rings. The van der Waals surface area contributed by atoms with Crippen LogP contribution in [-0.2, 0) is 19.1 Å². The van der Waals surface area contributed by atoms with Crippen molar-refractivity contribution < 1.29 is 24.0 Å². The highest BCUT2D eigenvalue weighted by Crippen LogP contribution is 2.29. The number of cyclic esters (lactones) is 2. The monoisotopic (exact) mass is 326 g/mol. The summed E-state index contributed by atoms with van der Waals surface area (Å²) >= 11 is 5.86. The molecule has 8 nitrogen and oxygen atoms in total. The van der Waals surface area contributed by atoms with E-state index >= 15 is 0 Å². The van der Waals surface area contributed by atoms with Crippen LogP contribution in [0.5, 0.6) is 0 Å². The number of aliphatic imine (C=N–C) groups is 1. The summed E-state index contributed by atoms with van der Waals surface area (Å²) in [6, 6.07) is 3.63. The fourth-order valence-electron chi connectivity index (χ4n) is 1.72. The second kappa shape index (κ2) is 5.72. The summed E-state index contributed by atoms with van der Waals surface area (Å²) in [5.41, 5.74) is -0.0140. The molecule has 1 aliphatic heterocycles. The molecule has 9 heteroatoms. The van der Waals surface area contributed by atoms with E-state index in [0.29, 0.717) is 0 Å². The number of halogens is 1. The first-order valence-electron chi connectivity index (χ1n) is 6.13. The van der Waals surface area contributed by atoms with E-state index < -0.39 is 28.6 Å². The molecule has 1 heterocycles. The average Bonchev–Trinajstić information content (AvgIpc) is 2.37. The normalized spacial score (nSPS) is 18.1. The molecule has 0 atom stereocenters. The Kier molecular flexibility index (Phi) is 4.14. The number of non-ortho nitro benzene ring substituents is 1. The highest BCUT2D eigenvalue weighted by Gasteiger charge is 2.42. The van der Waals surface area contributed by atoms with Gasteiger partial charge in [-0.1, -0.05) is 11.6 Å². The van der Waals surface area contributed by atoms with Crippen molar-refractivity contribution in [2.45, 2.75) is 19.6 Å². The number of rotatable bonds is 3. The van der Waals surface area contributed by atoms with Gasteiger partial charge in [-0.25, -0.2) is 0 Å². The number of ether oxygens (including phenoxy) is 2.